The van der Waals surface area contributed by atoms with Crippen LogP contribution in [0.5, 0.6) is 0 Å². The number of thioether (sulfide) groups is 1. The molecule has 7 heteroatoms. The summed E-state index contributed by atoms with van der Waals surface area (Å²) in [5.74, 6) is -0.0372. The van der Waals surface area contributed by atoms with Gasteiger partial charge in [-0.25, -0.2) is 0 Å². The van der Waals surface area contributed by atoms with Crippen molar-refractivity contribution in [3.05, 3.63) is 24.3 Å². The Morgan fingerprint density at radius 3 is 2.85 bits per heavy atom. The van der Waals surface area contributed by atoms with E-state index < -0.39 is 11.2 Å². The van der Waals surface area contributed by atoms with Gasteiger partial charge in [0.15, 0.2) is 6.61 Å². The second kappa shape index (κ2) is 8.78. The van der Waals surface area contributed by atoms with Crippen LogP contribution in [-0.4, -0.2) is 35.7 Å². The van der Waals surface area contributed by atoms with Gasteiger partial charge in [-0.05, 0) is 30.4 Å². The van der Waals surface area contributed by atoms with Crippen molar-refractivity contribution in [2.24, 2.45) is 11.8 Å². The lowest BCUT2D eigenvalue weighted by molar-refractivity contribution is -0.149. The van der Waals surface area contributed by atoms with E-state index in [-0.39, 0.29) is 30.9 Å². The summed E-state index contributed by atoms with van der Waals surface area (Å²) in [6.07, 6.45) is 3.19. The maximum Gasteiger partial charge on any atom is 0.307 e. The smallest absolute Gasteiger partial charge is 0.307 e. The Kier molecular flexibility index (Phi) is 6.42. The molecule has 0 saturated heterocycles. The summed E-state index contributed by atoms with van der Waals surface area (Å²) in [6.45, 7) is 4.05. The Morgan fingerprint density at radius 1 is 1.26 bits per heavy atom. The molecule has 0 unspecified atom stereocenters. The lowest BCUT2D eigenvalue weighted by Gasteiger charge is -2.34. The van der Waals surface area contributed by atoms with Crippen LogP contribution in [0.25, 0.3) is 0 Å². The van der Waals surface area contributed by atoms with Gasteiger partial charge >= 0.3 is 5.97 Å². The minimum atomic E-state index is -0.547. The van der Waals surface area contributed by atoms with E-state index in [2.05, 4.69) is 24.5 Å². The molecule has 3 rings (SSSR count). The van der Waals surface area contributed by atoms with E-state index in [0.717, 1.165) is 23.4 Å². The first-order chi connectivity index (χ1) is 12.9. The minimum absolute atomic E-state index is 0.0605. The van der Waals surface area contributed by atoms with E-state index in [1.54, 1.807) is 0 Å². The van der Waals surface area contributed by atoms with Crippen LogP contribution in [0.4, 0.5) is 5.69 Å². The van der Waals surface area contributed by atoms with Gasteiger partial charge in [-0.15, -0.1) is 11.8 Å². The molecular weight excluding hydrogens is 364 g/mol. The zero-order chi connectivity index (χ0) is 19.4. The van der Waals surface area contributed by atoms with Crippen molar-refractivity contribution in [3.63, 3.8) is 0 Å². The first-order valence-corrected chi connectivity index (χ1v) is 10.3. The Labute approximate surface area is 163 Å². The molecule has 1 fully saturated rings. The van der Waals surface area contributed by atoms with Gasteiger partial charge in [0.25, 0.3) is 5.91 Å². The van der Waals surface area contributed by atoms with E-state index in [1.165, 1.54) is 18.2 Å². The molecule has 6 nitrogen and oxygen atoms in total. The van der Waals surface area contributed by atoms with Crippen molar-refractivity contribution in [3.8, 4) is 0 Å². The van der Waals surface area contributed by atoms with Crippen LogP contribution in [0.2, 0.25) is 0 Å². The quantitative estimate of drug-likeness (QED) is 0.755. The number of anilines is 1. The number of carbonyl (C=O) groups excluding carboxylic acids is 3. The van der Waals surface area contributed by atoms with E-state index in [0.29, 0.717) is 11.8 Å². The maximum atomic E-state index is 12.1. The van der Waals surface area contributed by atoms with Crippen LogP contribution >= 0.6 is 11.8 Å². The Morgan fingerprint density at radius 2 is 2.04 bits per heavy atom. The summed E-state index contributed by atoms with van der Waals surface area (Å²) < 4.78 is 5.10. The Hall–Kier alpha value is -2.02. The molecule has 0 bridgehead atoms. The first kappa shape index (κ1) is 19.7. The zero-order valence-electron chi connectivity index (χ0n) is 15.7. The van der Waals surface area contributed by atoms with Gasteiger partial charge in [0.2, 0.25) is 5.91 Å². The van der Waals surface area contributed by atoms with Gasteiger partial charge < -0.3 is 15.4 Å². The molecule has 4 atom stereocenters. The molecule has 0 spiro atoms. The molecule has 1 saturated carbocycles. The van der Waals surface area contributed by atoms with E-state index in [1.807, 2.05) is 24.3 Å². The highest BCUT2D eigenvalue weighted by atomic mass is 32.2. The third-order valence-electron chi connectivity index (χ3n) is 5.48. The van der Waals surface area contributed by atoms with Crippen LogP contribution in [0.1, 0.15) is 39.5 Å². The standard InChI is InChI=1S/C20H26N2O4S/c1-12-6-5-8-14(13(12)2)21-18(23)11-26-19(24)10-17-20(25)22-15-7-3-4-9-16(15)27-17/h3-4,7,9,12-14,17H,5-6,8,10-11H2,1-2H3,(H,21,23)(H,22,25)/t12-,13+,14-,17+/m0/s1. The van der Waals surface area contributed by atoms with Crippen molar-refractivity contribution < 1.29 is 19.1 Å². The largest absolute Gasteiger partial charge is 0.456 e. The van der Waals surface area contributed by atoms with Gasteiger partial charge in [0.1, 0.15) is 0 Å². The van der Waals surface area contributed by atoms with Crippen LogP contribution in [-0.2, 0) is 19.1 Å². The fraction of sp³-hybridized carbons (Fsp3) is 0.550. The number of nitrogens with one attached hydrogen (secondary N) is 2. The molecule has 1 aromatic rings. The van der Waals surface area contributed by atoms with Crippen molar-refractivity contribution in [2.45, 2.75) is 55.7 Å². The molecule has 2 aliphatic rings. The predicted octanol–water partition coefficient (Wildman–Crippen LogP) is 2.97. The molecule has 0 radical (unpaired) electrons. The van der Waals surface area contributed by atoms with Crippen molar-refractivity contribution >= 4 is 35.2 Å². The molecule has 1 aliphatic carbocycles. The molecule has 0 aromatic heterocycles. The average Bonchev–Trinajstić information content (AvgIpc) is 2.64. The van der Waals surface area contributed by atoms with Gasteiger partial charge in [-0.1, -0.05) is 38.8 Å². The molecule has 2 amide bonds. The highest BCUT2D eigenvalue weighted by Gasteiger charge is 2.30. The number of esters is 1. The summed E-state index contributed by atoms with van der Waals surface area (Å²) in [6, 6.07) is 7.59. The normalized spacial score (nSPS) is 27.3. The number of fused-ring (bicyclic) bond motifs is 1. The van der Waals surface area contributed by atoms with Crippen LogP contribution in [0, 0.1) is 11.8 Å². The Bertz CT molecular complexity index is 724. The second-order valence-corrected chi connectivity index (χ2v) is 8.64. The van der Waals surface area contributed by atoms with Gasteiger partial charge in [0.05, 0.1) is 17.4 Å². The number of hydrogen-bond acceptors (Lipinski definition) is 5. The highest BCUT2D eigenvalue weighted by Crippen LogP contribution is 2.36. The molecule has 1 aliphatic heterocycles. The number of benzene rings is 1. The number of rotatable bonds is 5. The second-order valence-electron chi connectivity index (χ2n) is 7.40. The lowest BCUT2D eigenvalue weighted by Crippen LogP contribution is -2.45. The number of amides is 2. The van der Waals surface area contributed by atoms with Crippen LogP contribution in [0.15, 0.2) is 29.2 Å². The average molecular weight is 391 g/mol. The van der Waals surface area contributed by atoms with Gasteiger partial charge in [-0.2, -0.15) is 0 Å². The lowest BCUT2D eigenvalue weighted by atomic mass is 9.78. The van der Waals surface area contributed by atoms with Crippen molar-refractivity contribution in [1.29, 1.82) is 0 Å². The van der Waals surface area contributed by atoms with Crippen molar-refractivity contribution in [1.82, 2.24) is 5.32 Å². The fourth-order valence-corrected chi connectivity index (χ4v) is 4.71. The monoisotopic (exact) mass is 390 g/mol. The summed E-state index contributed by atoms with van der Waals surface area (Å²) in [7, 11) is 0. The first-order valence-electron chi connectivity index (χ1n) is 9.45. The number of para-hydroxylation sites is 1. The summed E-state index contributed by atoms with van der Waals surface area (Å²) in [5, 5.41) is 5.23. The SMILES string of the molecule is C[C@H]1[C@@H](NC(=O)COC(=O)C[C@H]2Sc3ccccc3NC2=O)CCC[C@@H]1C. The molecule has 27 heavy (non-hydrogen) atoms. The molecule has 1 heterocycles. The molecule has 2 N–H and O–H groups in total. The van der Waals surface area contributed by atoms with Crippen molar-refractivity contribution in [2.75, 3.05) is 11.9 Å². The summed E-state index contributed by atoms with van der Waals surface area (Å²) in [4.78, 5) is 37.3. The molecular formula is C20H26N2O4S. The molecule has 1 aromatic carbocycles. The van der Waals surface area contributed by atoms with Crippen LogP contribution < -0.4 is 10.6 Å². The van der Waals surface area contributed by atoms with Crippen LogP contribution in [0.3, 0.4) is 0 Å². The van der Waals surface area contributed by atoms with E-state index >= 15 is 0 Å². The van der Waals surface area contributed by atoms with Gasteiger partial charge in [0, 0.05) is 10.9 Å². The Balaban J connectivity index is 1.44. The summed E-state index contributed by atoms with van der Waals surface area (Å²) in [5.41, 5.74) is 0.757. The highest BCUT2D eigenvalue weighted by molar-refractivity contribution is 8.01. The van der Waals surface area contributed by atoms with E-state index in [4.69, 9.17) is 4.74 Å². The number of ether oxygens (including phenoxy) is 1. The maximum absolute atomic E-state index is 12.1. The van der Waals surface area contributed by atoms with Gasteiger partial charge in [-0.3, -0.25) is 14.4 Å². The third kappa shape index (κ3) is 5.03. The fourth-order valence-electron chi connectivity index (χ4n) is 3.62. The number of carbonyl (C=O) groups is 3. The third-order valence-corrected chi connectivity index (χ3v) is 6.75. The molecule has 146 valence electrons. The zero-order valence-corrected chi connectivity index (χ0v) is 16.5. The minimum Gasteiger partial charge on any atom is -0.456 e. The topological polar surface area (TPSA) is 84.5 Å². The predicted molar refractivity (Wildman–Crippen MR) is 104 cm³/mol. The summed E-state index contributed by atoms with van der Waals surface area (Å²) >= 11 is 1.34. The number of hydrogen-bond donors (Lipinski definition) is 2. The van der Waals surface area contributed by atoms with E-state index in [9.17, 15) is 14.4 Å².